The molecule has 1 atom stereocenters. The molecule has 1 aromatic rings. The molecule has 0 aliphatic heterocycles. The lowest BCUT2D eigenvalue weighted by Gasteiger charge is -2.14. The van der Waals surface area contributed by atoms with Gasteiger partial charge in [-0.1, -0.05) is 28.1 Å². The molecule has 94 valence electrons. The molecule has 0 saturated heterocycles. The molecule has 0 spiro atoms. The average Bonchev–Trinajstić information content (AvgIpc) is 2.30. The zero-order valence-corrected chi connectivity index (χ0v) is 11.5. The number of hydrogen-bond acceptors (Lipinski definition) is 1. The van der Waals surface area contributed by atoms with E-state index in [1.165, 1.54) is 12.1 Å². The van der Waals surface area contributed by atoms with Crippen molar-refractivity contribution in [3.05, 3.63) is 35.6 Å². The average molecular weight is 302 g/mol. The van der Waals surface area contributed by atoms with E-state index in [2.05, 4.69) is 21.2 Å². The van der Waals surface area contributed by atoms with E-state index >= 15 is 0 Å². The predicted molar refractivity (Wildman–Crippen MR) is 70.6 cm³/mol. The number of hydrogen-bond donors (Lipinski definition) is 1. The molecule has 0 bridgehead atoms. The summed E-state index contributed by atoms with van der Waals surface area (Å²) in [5, 5.41) is 3.82. The number of carbonyl (C=O) groups excluding carboxylic acids is 1. The monoisotopic (exact) mass is 301 g/mol. The van der Waals surface area contributed by atoms with Crippen LogP contribution in [0.25, 0.3) is 0 Å². The third-order valence-corrected chi connectivity index (χ3v) is 3.10. The van der Waals surface area contributed by atoms with E-state index in [0.29, 0.717) is 6.42 Å². The number of alkyl halides is 1. The topological polar surface area (TPSA) is 29.1 Å². The van der Waals surface area contributed by atoms with Gasteiger partial charge < -0.3 is 5.32 Å². The zero-order valence-electron chi connectivity index (χ0n) is 9.88. The second kappa shape index (κ2) is 7.43. The maximum Gasteiger partial charge on any atom is 0.220 e. The lowest BCUT2D eigenvalue weighted by molar-refractivity contribution is -0.121. The Balaban J connectivity index is 2.40. The van der Waals surface area contributed by atoms with Crippen LogP contribution in [0.4, 0.5) is 4.39 Å². The van der Waals surface area contributed by atoms with Gasteiger partial charge in [-0.3, -0.25) is 4.79 Å². The van der Waals surface area contributed by atoms with Gasteiger partial charge in [0.05, 0.1) is 6.04 Å². The van der Waals surface area contributed by atoms with E-state index in [-0.39, 0.29) is 17.8 Å². The minimum atomic E-state index is -0.260. The van der Waals surface area contributed by atoms with E-state index in [1.54, 1.807) is 12.1 Å². The molecule has 1 aromatic carbocycles. The predicted octanol–water partition coefficient (Wildman–Crippen LogP) is 3.57. The highest BCUT2D eigenvalue weighted by molar-refractivity contribution is 9.09. The summed E-state index contributed by atoms with van der Waals surface area (Å²) < 4.78 is 12.7. The molecule has 0 unspecified atom stereocenters. The van der Waals surface area contributed by atoms with Crippen LogP contribution in [0.5, 0.6) is 0 Å². The third kappa shape index (κ3) is 5.31. The summed E-state index contributed by atoms with van der Waals surface area (Å²) in [7, 11) is 0. The normalized spacial score (nSPS) is 12.2. The van der Waals surface area contributed by atoms with Crippen molar-refractivity contribution in [2.45, 2.75) is 32.2 Å². The highest BCUT2D eigenvalue weighted by atomic mass is 79.9. The molecule has 1 rings (SSSR count). The van der Waals surface area contributed by atoms with Crippen molar-refractivity contribution in [2.24, 2.45) is 0 Å². The van der Waals surface area contributed by atoms with Crippen LogP contribution in [-0.2, 0) is 4.79 Å². The van der Waals surface area contributed by atoms with Crippen LogP contribution < -0.4 is 5.32 Å². The third-order valence-electron chi connectivity index (χ3n) is 2.53. The first kappa shape index (κ1) is 14.2. The summed E-state index contributed by atoms with van der Waals surface area (Å²) in [5.74, 6) is -0.215. The summed E-state index contributed by atoms with van der Waals surface area (Å²) in [6.45, 7) is 1.90. The number of unbranched alkanes of at least 4 members (excludes halogenated alkanes) is 1. The van der Waals surface area contributed by atoms with Crippen molar-refractivity contribution >= 4 is 21.8 Å². The molecule has 17 heavy (non-hydrogen) atoms. The van der Waals surface area contributed by atoms with Gasteiger partial charge in [0, 0.05) is 11.8 Å². The van der Waals surface area contributed by atoms with Crippen LogP contribution >= 0.6 is 15.9 Å². The smallest absolute Gasteiger partial charge is 0.220 e. The van der Waals surface area contributed by atoms with Crippen LogP contribution in [-0.4, -0.2) is 11.2 Å². The molecule has 0 fully saturated rings. The lowest BCUT2D eigenvalue weighted by Crippen LogP contribution is -2.26. The van der Waals surface area contributed by atoms with Crippen molar-refractivity contribution in [2.75, 3.05) is 5.33 Å². The van der Waals surface area contributed by atoms with Crippen LogP contribution in [0.2, 0.25) is 0 Å². The quantitative estimate of drug-likeness (QED) is 0.632. The zero-order chi connectivity index (χ0) is 12.7. The number of carbonyl (C=O) groups is 1. The molecule has 0 aliphatic carbocycles. The van der Waals surface area contributed by atoms with Gasteiger partial charge in [-0.05, 0) is 37.5 Å². The van der Waals surface area contributed by atoms with Crippen molar-refractivity contribution in [3.63, 3.8) is 0 Å². The first-order chi connectivity index (χ1) is 8.13. The van der Waals surface area contributed by atoms with Crippen molar-refractivity contribution in [1.29, 1.82) is 0 Å². The van der Waals surface area contributed by atoms with Gasteiger partial charge in [-0.25, -0.2) is 4.39 Å². The van der Waals surface area contributed by atoms with Crippen LogP contribution in [0.15, 0.2) is 24.3 Å². The Bertz CT molecular complexity index is 353. The second-order valence-electron chi connectivity index (χ2n) is 3.99. The Hall–Kier alpha value is -0.900. The number of halogens is 2. The van der Waals surface area contributed by atoms with Gasteiger partial charge in [0.25, 0.3) is 0 Å². The fraction of sp³-hybridized carbons (Fsp3) is 0.462. The Morgan fingerprint density at radius 3 is 2.59 bits per heavy atom. The molecule has 0 aromatic heterocycles. The summed E-state index contributed by atoms with van der Waals surface area (Å²) in [6, 6.07) is 6.12. The summed E-state index contributed by atoms with van der Waals surface area (Å²) >= 11 is 3.33. The summed E-state index contributed by atoms with van der Waals surface area (Å²) in [6.07, 6.45) is 2.42. The summed E-state index contributed by atoms with van der Waals surface area (Å²) in [4.78, 5) is 11.6. The maximum atomic E-state index is 12.7. The molecule has 0 aliphatic rings. The van der Waals surface area contributed by atoms with Gasteiger partial charge in [0.15, 0.2) is 0 Å². The van der Waals surface area contributed by atoms with Crippen LogP contribution in [0, 0.1) is 5.82 Å². The van der Waals surface area contributed by atoms with E-state index in [0.717, 1.165) is 23.7 Å². The van der Waals surface area contributed by atoms with Gasteiger partial charge >= 0.3 is 0 Å². The van der Waals surface area contributed by atoms with Gasteiger partial charge in [-0.2, -0.15) is 0 Å². The Labute approximate surface area is 110 Å². The van der Waals surface area contributed by atoms with Crippen LogP contribution in [0.3, 0.4) is 0 Å². The number of nitrogens with one attached hydrogen (secondary N) is 1. The van der Waals surface area contributed by atoms with E-state index < -0.39 is 0 Å². The van der Waals surface area contributed by atoms with Crippen molar-refractivity contribution in [1.82, 2.24) is 5.32 Å². The molecule has 4 heteroatoms. The Morgan fingerprint density at radius 2 is 2.00 bits per heavy atom. The minimum absolute atomic E-state index is 0.0442. The van der Waals surface area contributed by atoms with Gasteiger partial charge in [0.1, 0.15) is 5.82 Å². The van der Waals surface area contributed by atoms with Gasteiger partial charge in [0.2, 0.25) is 5.91 Å². The Morgan fingerprint density at radius 1 is 1.35 bits per heavy atom. The van der Waals surface area contributed by atoms with E-state index in [4.69, 9.17) is 0 Å². The number of rotatable bonds is 6. The highest BCUT2D eigenvalue weighted by Gasteiger charge is 2.08. The molecule has 1 N–H and O–H groups in total. The standard InChI is InChI=1S/C13H17BrFNO/c1-10(11-5-7-12(15)8-6-11)16-13(17)4-2-3-9-14/h5-8,10H,2-4,9H2,1H3,(H,16,17)/t10-/m0/s1. The molecular weight excluding hydrogens is 285 g/mol. The highest BCUT2D eigenvalue weighted by Crippen LogP contribution is 2.13. The first-order valence-electron chi connectivity index (χ1n) is 5.74. The maximum absolute atomic E-state index is 12.7. The molecule has 0 radical (unpaired) electrons. The van der Waals surface area contributed by atoms with E-state index in [9.17, 15) is 9.18 Å². The molecule has 2 nitrogen and oxygen atoms in total. The molecular formula is C13H17BrFNO. The molecule has 0 heterocycles. The second-order valence-corrected chi connectivity index (χ2v) is 4.78. The summed E-state index contributed by atoms with van der Waals surface area (Å²) in [5.41, 5.74) is 0.917. The first-order valence-corrected chi connectivity index (χ1v) is 6.86. The fourth-order valence-corrected chi connectivity index (χ4v) is 1.92. The lowest BCUT2D eigenvalue weighted by atomic mass is 10.1. The Kier molecular flexibility index (Phi) is 6.19. The van der Waals surface area contributed by atoms with Crippen molar-refractivity contribution in [3.8, 4) is 0 Å². The number of benzene rings is 1. The van der Waals surface area contributed by atoms with Crippen molar-refractivity contribution < 1.29 is 9.18 Å². The SMILES string of the molecule is C[C@H](NC(=O)CCCCBr)c1ccc(F)cc1. The fourth-order valence-electron chi connectivity index (χ4n) is 1.53. The number of amides is 1. The van der Waals surface area contributed by atoms with E-state index in [1.807, 2.05) is 6.92 Å². The van der Waals surface area contributed by atoms with Gasteiger partial charge in [-0.15, -0.1) is 0 Å². The van der Waals surface area contributed by atoms with Crippen LogP contribution in [0.1, 0.15) is 37.8 Å². The minimum Gasteiger partial charge on any atom is -0.350 e. The molecule has 1 amide bonds. The largest absolute Gasteiger partial charge is 0.350 e. The molecule has 0 saturated carbocycles.